The smallest absolute Gasteiger partial charge is 0.273 e. The van der Waals surface area contributed by atoms with Gasteiger partial charge in [0, 0.05) is 26.2 Å². The second-order valence-corrected chi connectivity index (χ2v) is 7.63. The SMILES string of the molecule is O=C(NCCO)c1cn(C2CCN(Cc3ccc(-c4ccccc4)cc3)CC2)nn1. The van der Waals surface area contributed by atoms with Crippen LogP contribution in [0.5, 0.6) is 0 Å². The number of carbonyl (C=O) groups excluding carboxylic acids is 1. The van der Waals surface area contributed by atoms with Gasteiger partial charge in [-0.1, -0.05) is 59.8 Å². The molecule has 0 saturated carbocycles. The maximum absolute atomic E-state index is 11.9. The molecule has 1 amide bonds. The third-order valence-electron chi connectivity index (χ3n) is 5.54. The van der Waals surface area contributed by atoms with Gasteiger partial charge in [0.25, 0.3) is 5.91 Å². The monoisotopic (exact) mass is 405 g/mol. The van der Waals surface area contributed by atoms with Crippen LogP contribution in [0.1, 0.15) is 34.9 Å². The molecule has 1 saturated heterocycles. The summed E-state index contributed by atoms with van der Waals surface area (Å²) in [5.41, 5.74) is 4.09. The fraction of sp³-hybridized carbons (Fsp3) is 0.348. The first kappa shape index (κ1) is 20.3. The van der Waals surface area contributed by atoms with Crippen molar-refractivity contribution in [1.82, 2.24) is 25.2 Å². The van der Waals surface area contributed by atoms with Crippen molar-refractivity contribution in [1.29, 1.82) is 0 Å². The fourth-order valence-corrected chi connectivity index (χ4v) is 3.85. The maximum Gasteiger partial charge on any atom is 0.273 e. The first-order chi connectivity index (χ1) is 14.7. The van der Waals surface area contributed by atoms with Crippen LogP contribution in [0.3, 0.4) is 0 Å². The van der Waals surface area contributed by atoms with Crippen LogP contribution < -0.4 is 5.32 Å². The van der Waals surface area contributed by atoms with Gasteiger partial charge >= 0.3 is 0 Å². The van der Waals surface area contributed by atoms with Crippen LogP contribution >= 0.6 is 0 Å². The second-order valence-electron chi connectivity index (χ2n) is 7.63. The minimum absolute atomic E-state index is 0.0900. The lowest BCUT2D eigenvalue weighted by Crippen LogP contribution is -2.34. The molecule has 156 valence electrons. The van der Waals surface area contributed by atoms with Crippen molar-refractivity contribution in [2.24, 2.45) is 0 Å². The zero-order valence-electron chi connectivity index (χ0n) is 16.9. The van der Waals surface area contributed by atoms with Gasteiger partial charge in [-0.15, -0.1) is 5.10 Å². The largest absolute Gasteiger partial charge is 0.395 e. The quantitative estimate of drug-likeness (QED) is 0.631. The maximum atomic E-state index is 11.9. The predicted molar refractivity (Wildman–Crippen MR) is 115 cm³/mol. The summed E-state index contributed by atoms with van der Waals surface area (Å²) in [6.07, 6.45) is 3.65. The minimum Gasteiger partial charge on any atom is -0.395 e. The number of piperidine rings is 1. The average molecular weight is 406 g/mol. The molecule has 0 spiro atoms. The Labute approximate surface area is 176 Å². The van der Waals surface area contributed by atoms with Crippen LogP contribution in [0.4, 0.5) is 0 Å². The summed E-state index contributed by atoms with van der Waals surface area (Å²) in [7, 11) is 0. The van der Waals surface area contributed by atoms with Crippen molar-refractivity contribution in [3.05, 3.63) is 72.1 Å². The molecule has 0 bridgehead atoms. The van der Waals surface area contributed by atoms with Gasteiger partial charge in [0.05, 0.1) is 18.8 Å². The summed E-state index contributed by atoms with van der Waals surface area (Å²) in [6.45, 7) is 3.03. The molecule has 2 heterocycles. The van der Waals surface area contributed by atoms with E-state index in [0.29, 0.717) is 5.69 Å². The Morgan fingerprint density at radius 3 is 2.43 bits per heavy atom. The highest BCUT2D eigenvalue weighted by molar-refractivity contribution is 5.91. The van der Waals surface area contributed by atoms with E-state index in [4.69, 9.17) is 5.11 Å². The van der Waals surface area contributed by atoms with Crippen LogP contribution in [0.25, 0.3) is 11.1 Å². The molecule has 1 aromatic heterocycles. The Morgan fingerprint density at radius 1 is 1.03 bits per heavy atom. The molecule has 2 N–H and O–H groups in total. The number of likely N-dealkylation sites (tertiary alicyclic amines) is 1. The molecule has 3 aromatic rings. The Morgan fingerprint density at radius 2 is 1.73 bits per heavy atom. The minimum atomic E-state index is -0.299. The Hall–Kier alpha value is -3.03. The van der Waals surface area contributed by atoms with E-state index >= 15 is 0 Å². The number of carbonyl (C=O) groups is 1. The highest BCUT2D eigenvalue weighted by atomic mass is 16.3. The van der Waals surface area contributed by atoms with Gasteiger partial charge in [-0.2, -0.15) is 0 Å². The number of aromatic nitrogens is 3. The lowest BCUT2D eigenvalue weighted by Gasteiger charge is -2.31. The summed E-state index contributed by atoms with van der Waals surface area (Å²) in [4.78, 5) is 14.4. The predicted octanol–water partition coefficient (Wildman–Crippen LogP) is 2.50. The molecule has 0 aliphatic carbocycles. The van der Waals surface area contributed by atoms with E-state index in [2.05, 4.69) is 69.1 Å². The van der Waals surface area contributed by atoms with E-state index in [1.54, 1.807) is 10.9 Å². The number of hydrogen-bond donors (Lipinski definition) is 2. The molecule has 1 fully saturated rings. The topological polar surface area (TPSA) is 83.3 Å². The lowest BCUT2D eigenvalue weighted by molar-refractivity contribution is 0.0939. The average Bonchev–Trinajstić information content (AvgIpc) is 3.29. The van der Waals surface area contributed by atoms with Gasteiger partial charge in [0.1, 0.15) is 0 Å². The summed E-state index contributed by atoms with van der Waals surface area (Å²) < 4.78 is 1.81. The highest BCUT2D eigenvalue weighted by Gasteiger charge is 2.22. The van der Waals surface area contributed by atoms with Crippen molar-refractivity contribution in [3.8, 4) is 11.1 Å². The van der Waals surface area contributed by atoms with E-state index in [-0.39, 0.29) is 25.1 Å². The normalized spacial score (nSPS) is 15.2. The van der Waals surface area contributed by atoms with Gasteiger partial charge in [-0.05, 0) is 29.5 Å². The van der Waals surface area contributed by atoms with Gasteiger partial charge in [-0.25, -0.2) is 4.68 Å². The molecule has 0 radical (unpaired) electrons. The molecule has 2 aromatic carbocycles. The number of rotatable bonds is 7. The molecule has 1 aliphatic heterocycles. The molecular weight excluding hydrogens is 378 g/mol. The van der Waals surface area contributed by atoms with Crippen LogP contribution in [0, 0.1) is 0 Å². The van der Waals surface area contributed by atoms with Gasteiger partial charge in [0.15, 0.2) is 5.69 Å². The van der Waals surface area contributed by atoms with E-state index in [9.17, 15) is 4.79 Å². The van der Waals surface area contributed by atoms with E-state index < -0.39 is 0 Å². The number of hydrogen-bond acceptors (Lipinski definition) is 5. The summed E-state index contributed by atoms with van der Waals surface area (Å²) in [6, 6.07) is 19.5. The molecule has 30 heavy (non-hydrogen) atoms. The number of nitrogens with one attached hydrogen (secondary N) is 1. The van der Waals surface area contributed by atoms with Gasteiger partial charge < -0.3 is 10.4 Å². The first-order valence-corrected chi connectivity index (χ1v) is 10.4. The zero-order chi connectivity index (χ0) is 20.8. The van der Waals surface area contributed by atoms with Crippen LogP contribution in [0.15, 0.2) is 60.8 Å². The van der Waals surface area contributed by atoms with Crippen LogP contribution in [-0.2, 0) is 6.54 Å². The lowest BCUT2D eigenvalue weighted by atomic mass is 10.0. The number of nitrogens with zero attached hydrogens (tertiary/aromatic N) is 4. The molecule has 7 nitrogen and oxygen atoms in total. The zero-order valence-corrected chi connectivity index (χ0v) is 16.9. The van der Waals surface area contributed by atoms with Gasteiger partial charge in [-0.3, -0.25) is 9.69 Å². The van der Waals surface area contributed by atoms with E-state index in [0.717, 1.165) is 32.5 Å². The summed E-state index contributed by atoms with van der Waals surface area (Å²) >= 11 is 0. The first-order valence-electron chi connectivity index (χ1n) is 10.4. The van der Waals surface area contributed by atoms with Crippen LogP contribution in [0.2, 0.25) is 0 Å². The van der Waals surface area contributed by atoms with Crippen molar-refractivity contribution < 1.29 is 9.90 Å². The van der Waals surface area contributed by atoms with Crippen molar-refractivity contribution in [2.45, 2.75) is 25.4 Å². The van der Waals surface area contributed by atoms with E-state index in [1.165, 1.54) is 16.7 Å². The van der Waals surface area contributed by atoms with Crippen molar-refractivity contribution >= 4 is 5.91 Å². The Bertz CT molecular complexity index is 947. The van der Waals surface area contributed by atoms with Crippen molar-refractivity contribution in [2.75, 3.05) is 26.2 Å². The number of aliphatic hydroxyl groups is 1. The molecule has 0 unspecified atom stereocenters. The van der Waals surface area contributed by atoms with Crippen LogP contribution in [-0.4, -0.2) is 57.1 Å². The molecular formula is C23H27N5O2. The summed E-state index contributed by atoms with van der Waals surface area (Å²) in [5, 5.41) is 19.5. The third kappa shape index (κ3) is 4.93. The second kappa shape index (κ2) is 9.65. The summed E-state index contributed by atoms with van der Waals surface area (Å²) in [5.74, 6) is -0.299. The molecule has 7 heteroatoms. The standard InChI is InChI=1S/C23H27N5O2/c29-15-12-24-23(30)22-17-28(26-25-22)21-10-13-27(14-11-21)16-18-6-8-20(9-7-18)19-4-2-1-3-5-19/h1-9,17,21,29H,10-16H2,(H,24,30). The highest BCUT2D eigenvalue weighted by Crippen LogP contribution is 2.24. The Balaban J connectivity index is 1.29. The number of amides is 1. The molecule has 1 aliphatic rings. The number of aliphatic hydroxyl groups excluding tert-OH is 1. The third-order valence-corrected chi connectivity index (χ3v) is 5.54. The molecule has 0 atom stereocenters. The van der Waals surface area contributed by atoms with E-state index in [1.807, 2.05) is 6.07 Å². The Kier molecular flexibility index (Phi) is 6.51. The van der Waals surface area contributed by atoms with Gasteiger partial charge in [0.2, 0.25) is 0 Å². The molecule has 4 rings (SSSR count). The number of benzene rings is 2. The van der Waals surface area contributed by atoms with Crippen molar-refractivity contribution in [3.63, 3.8) is 0 Å². The fourth-order valence-electron chi connectivity index (χ4n) is 3.85.